The number of pyridine rings is 1. The lowest BCUT2D eigenvalue weighted by atomic mass is 10.2. The largest absolute Gasteiger partial charge is 0.352 e. The Morgan fingerprint density at radius 1 is 1.27 bits per heavy atom. The topological polar surface area (TPSA) is 62.3 Å². The Hall–Kier alpha value is -1.86. The summed E-state index contributed by atoms with van der Waals surface area (Å²) in [6.07, 6.45) is 4.04. The van der Waals surface area contributed by atoms with Crippen molar-refractivity contribution in [2.75, 3.05) is 19.6 Å². The summed E-state index contributed by atoms with van der Waals surface area (Å²) in [7, 11) is 0. The molecule has 2 aromatic rings. The van der Waals surface area contributed by atoms with E-state index in [2.05, 4.69) is 26.2 Å². The van der Waals surface area contributed by atoms with Gasteiger partial charge in [-0.05, 0) is 49.2 Å². The fourth-order valence-electron chi connectivity index (χ4n) is 2.77. The second-order valence-corrected chi connectivity index (χ2v) is 7.98. The first-order valence-corrected chi connectivity index (χ1v) is 10.2. The predicted octanol–water partition coefficient (Wildman–Crippen LogP) is 3.74. The highest BCUT2D eigenvalue weighted by Gasteiger charge is 2.19. The Bertz CT molecular complexity index is 783. The third kappa shape index (κ3) is 5.08. The van der Waals surface area contributed by atoms with Gasteiger partial charge in [-0.3, -0.25) is 9.59 Å². The van der Waals surface area contributed by atoms with E-state index in [1.165, 1.54) is 11.8 Å². The maximum atomic E-state index is 12.5. The highest BCUT2D eigenvalue weighted by atomic mass is 79.9. The van der Waals surface area contributed by atoms with Crippen molar-refractivity contribution < 1.29 is 9.59 Å². The average molecular weight is 434 g/mol. The number of rotatable bonds is 7. The molecule has 0 bridgehead atoms. The Balaban J connectivity index is 1.55. The van der Waals surface area contributed by atoms with E-state index >= 15 is 0 Å². The molecule has 1 aromatic heterocycles. The van der Waals surface area contributed by atoms with E-state index in [9.17, 15) is 9.59 Å². The summed E-state index contributed by atoms with van der Waals surface area (Å²) in [5.41, 5.74) is 0.567. The highest BCUT2D eigenvalue weighted by Crippen LogP contribution is 2.29. The predicted molar refractivity (Wildman–Crippen MR) is 105 cm³/mol. The zero-order chi connectivity index (χ0) is 18.4. The van der Waals surface area contributed by atoms with Crippen molar-refractivity contribution in [2.45, 2.75) is 29.2 Å². The summed E-state index contributed by atoms with van der Waals surface area (Å²) in [6, 6.07) is 11.4. The monoisotopic (exact) mass is 433 g/mol. The highest BCUT2D eigenvalue weighted by molar-refractivity contribution is 9.10. The van der Waals surface area contributed by atoms with E-state index in [1.54, 1.807) is 18.3 Å². The zero-order valence-corrected chi connectivity index (χ0v) is 16.7. The smallest absolute Gasteiger partial charge is 0.254 e. The number of benzene rings is 1. The van der Waals surface area contributed by atoms with Crippen LogP contribution in [0, 0.1) is 0 Å². The molecule has 0 radical (unpaired) electrons. The second kappa shape index (κ2) is 9.19. The second-order valence-electron chi connectivity index (χ2n) is 6.01. The van der Waals surface area contributed by atoms with Crippen LogP contribution in [-0.4, -0.2) is 41.3 Å². The van der Waals surface area contributed by atoms with Crippen LogP contribution in [0.2, 0.25) is 0 Å². The van der Waals surface area contributed by atoms with Gasteiger partial charge in [0.2, 0.25) is 5.91 Å². The molecule has 0 atom stereocenters. The van der Waals surface area contributed by atoms with Crippen LogP contribution in [0.25, 0.3) is 0 Å². The number of halogens is 1. The fraction of sp³-hybridized carbons (Fsp3) is 0.316. The normalized spacial score (nSPS) is 13.9. The van der Waals surface area contributed by atoms with Crippen LogP contribution in [0.4, 0.5) is 0 Å². The lowest BCUT2D eigenvalue weighted by molar-refractivity contribution is -0.127. The van der Waals surface area contributed by atoms with Gasteiger partial charge in [0.1, 0.15) is 5.03 Å². The van der Waals surface area contributed by atoms with Gasteiger partial charge in [0.25, 0.3) is 5.91 Å². The van der Waals surface area contributed by atoms with E-state index in [0.29, 0.717) is 30.1 Å². The fourth-order valence-corrected chi connectivity index (χ4v) is 3.91. The van der Waals surface area contributed by atoms with Crippen molar-refractivity contribution in [3.63, 3.8) is 0 Å². The molecule has 0 spiro atoms. The molecule has 1 aliphatic heterocycles. The summed E-state index contributed by atoms with van der Waals surface area (Å²) in [4.78, 5) is 31.3. The molecule has 0 saturated carbocycles. The Morgan fingerprint density at radius 3 is 2.81 bits per heavy atom. The molecule has 1 N–H and O–H groups in total. The van der Waals surface area contributed by atoms with Crippen molar-refractivity contribution >= 4 is 39.5 Å². The van der Waals surface area contributed by atoms with Crippen molar-refractivity contribution in [1.29, 1.82) is 0 Å². The molecule has 5 nitrogen and oxygen atoms in total. The zero-order valence-electron chi connectivity index (χ0n) is 14.3. The van der Waals surface area contributed by atoms with E-state index in [-0.39, 0.29) is 11.8 Å². The molecule has 3 rings (SSSR count). The first kappa shape index (κ1) is 18.9. The van der Waals surface area contributed by atoms with Crippen LogP contribution in [0.1, 0.15) is 29.6 Å². The Labute approximate surface area is 165 Å². The van der Waals surface area contributed by atoms with Crippen molar-refractivity contribution in [1.82, 2.24) is 15.2 Å². The Kier molecular flexibility index (Phi) is 6.68. The van der Waals surface area contributed by atoms with Crippen LogP contribution in [0.5, 0.6) is 0 Å². The first-order valence-electron chi connectivity index (χ1n) is 8.58. The van der Waals surface area contributed by atoms with Gasteiger partial charge in [-0.2, -0.15) is 0 Å². The molecule has 7 heteroatoms. The quantitative estimate of drug-likeness (QED) is 0.675. The number of nitrogens with one attached hydrogen (secondary N) is 1. The number of nitrogens with zero attached hydrogens (tertiary/aromatic N) is 2. The molecule has 0 unspecified atom stereocenters. The minimum Gasteiger partial charge on any atom is -0.352 e. The molecule has 1 aliphatic rings. The molecule has 1 saturated heterocycles. The van der Waals surface area contributed by atoms with E-state index < -0.39 is 0 Å². The SMILES string of the molecule is O=C(NCCCN1CCCC1=O)c1cccnc1Sc1ccc(Br)cc1. The van der Waals surface area contributed by atoms with Gasteiger partial charge >= 0.3 is 0 Å². The number of hydrogen-bond acceptors (Lipinski definition) is 4. The van der Waals surface area contributed by atoms with Crippen LogP contribution >= 0.6 is 27.7 Å². The van der Waals surface area contributed by atoms with Gasteiger partial charge in [0.15, 0.2) is 0 Å². The molecule has 26 heavy (non-hydrogen) atoms. The average Bonchev–Trinajstić information content (AvgIpc) is 3.06. The number of carbonyl (C=O) groups excluding carboxylic acids is 2. The minimum absolute atomic E-state index is 0.134. The van der Waals surface area contributed by atoms with Gasteiger partial charge in [-0.25, -0.2) is 4.98 Å². The van der Waals surface area contributed by atoms with E-state index in [0.717, 1.165) is 28.8 Å². The number of amides is 2. The Morgan fingerprint density at radius 2 is 2.08 bits per heavy atom. The summed E-state index contributed by atoms with van der Waals surface area (Å²) in [5.74, 6) is 0.0854. The van der Waals surface area contributed by atoms with E-state index in [1.807, 2.05) is 29.2 Å². The summed E-state index contributed by atoms with van der Waals surface area (Å²) in [5, 5.41) is 3.62. The number of aromatic nitrogens is 1. The van der Waals surface area contributed by atoms with Crippen LogP contribution in [0.15, 0.2) is 57.0 Å². The molecule has 1 aromatic carbocycles. The third-order valence-electron chi connectivity index (χ3n) is 4.11. The molecular formula is C19H20BrN3O2S. The van der Waals surface area contributed by atoms with Crippen LogP contribution in [0.3, 0.4) is 0 Å². The molecule has 1 fully saturated rings. The van der Waals surface area contributed by atoms with Crippen LogP contribution in [-0.2, 0) is 4.79 Å². The molecular weight excluding hydrogens is 414 g/mol. The minimum atomic E-state index is -0.134. The number of hydrogen-bond donors (Lipinski definition) is 1. The van der Waals surface area contributed by atoms with Gasteiger partial charge in [-0.1, -0.05) is 27.7 Å². The van der Waals surface area contributed by atoms with Crippen molar-refractivity contribution in [2.24, 2.45) is 0 Å². The molecule has 0 aliphatic carbocycles. The molecule has 2 amide bonds. The van der Waals surface area contributed by atoms with Gasteiger partial charge in [0.05, 0.1) is 5.56 Å². The van der Waals surface area contributed by atoms with Gasteiger partial charge < -0.3 is 10.2 Å². The summed E-state index contributed by atoms with van der Waals surface area (Å²) in [6.45, 7) is 2.08. The summed E-state index contributed by atoms with van der Waals surface area (Å²) >= 11 is 4.88. The first-order chi connectivity index (χ1) is 12.6. The molecule has 2 heterocycles. The van der Waals surface area contributed by atoms with Crippen LogP contribution < -0.4 is 5.32 Å². The maximum Gasteiger partial charge on any atom is 0.254 e. The standard InChI is InChI=1S/C19H20BrN3O2S/c20-14-6-8-15(9-7-14)26-19-16(4-1-10-22-19)18(25)21-11-3-13-23-12-2-5-17(23)24/h1,4,6-10H,2-3,5,11-13H2,(H,21,25). The lowest BCUT2D eigenvalue weighted by Crippen LogP contribution is -2.30. The summed E-state index contributed by atoms with van der Waals surface area (Å²) < 4.78 is 1.01. The van der Waals surface area contributed by atoms with Crippen molar-refractivity contribution in [3.05, 3.63) is 52.6 Å². The van der Waals surface area contributed by atoms with Gasteiger partial charge in [0, 0.05) is 41.6 Å². The maximum absolute atomic E-state index is 12.5. The molecule has 136 valence electrons. The van der Waals surface area contributed by atoms with E-state index in [4.69, 9.17) is 0 Å². The van der Waals surface area contributed by atoms with Gasteiger partial charge in [-0.15, -0.1) is 0 Å². The third-order valence-corrected chi connectivity index (χ3v) is 5.66. The van der Waals surface area contributed by atoms with Crippen molar-refractivity contribution in [3.8, 4) is 0 Å². The number of carbonyl (C=O) groups is 2. The number of likely N-dealkylation sites (tertiary alicyclic amines) is 1. The lowest BCUT2D eigenvalue weighted by Gasteiger charge is -2.15.